The van der Waals surface area contributed by atoms with E-state index in [1.807, 2.05) is 12.1 Å². The van der Waals surface area contributed by atoms with Gasteiger partial charge in [0.05, 0.1) is 18.5 Å². The number of rotatable bonds is 8. The van der Waals surface area contributed by atoms with E-state index in [4.69, 9.17) is 4.74 Å². The van der Waals surface area contributed by atoms with Crippen LogP contribution in [0.3, 0.4) is 0 Å². The third kappa shape index (κ3) is 4.73. The molecule has 2 aliphatic carbocycles. The van der Waals surface area contributed by atoms with Gasteiger partial charge in [0, 0.05) is 25.2 Å². The number of fused-ring (bicyclic) bond motifs is 2. The predicted molar refractivity (Wildman–Crippen MR) is 134 cm³/mol. The molecule has 3 aliphatic rings. The molecule has 34 heavy (non-hydrogen) atoms. The van der Waals surface area contributed by atoms with Gasteiger partial charge in [0.1, 0.15) is 10.6 Å². The number of hydrogen-bond donors (Lipinski definition) is 2. The summed E-state index contributed by atoms with van der Waals surface area (Å²) in [5, 5.41) is 2.97. The second kappa shape index (κ2) is 9.49. The molecule has 5 rings (SSSR count). The Labute approximate surface area is 201 Å². The van der Waals surface area contributed by atoms with Crippen LogP contribution in [-0.2, 0) is 14.8 Å². The van der Waals surface area contributed by atoms with Gasteiger partial charge in [-0.3, -0.25) is 9.52 Å². The smallest absolute Gasteiger partial charge is 0.264 e. The molecule has 7 nitrogen and oxygen atoms in total. The highest BCUT2D eigenvalue weighted by atomic mass is 32.2. The summed E-state index contributed by atoms with van der Waals surface area (Å²) >= 11 is 0. The molecule has 3 atom stereocenters. The van der Waals surface area contributed by atoms with Crippen LogP contribution in [0.4, 0.5) is 17.1 Å². The van der Waals surface area contributed by atoms with E-state index >= 15 is 0 Å². The second-order valence-electron chi connectivity index (χ2n) is 9.87. The van der Waals surface area contributed by atoms with Crippen molar-refractivity contribution < 1.29 is 17.9 Å². The van der Waals surface area contributed by atoms with E-state index in [9.17, 15) is 13.2 Å². The van der Waals surface area contributed by atoms with Crippen molar-refractivity contribution in [3.05, 3.63) is 42.5 Å². The minimum Gasteiger partial charge on any atom is -0.495 e. The summed E-state index contributed by atoms with van der Waals surface area (Å²) in [6.45, 7) is 1.63. The molecule has 2 saturated carbocycles. The number of para-hydroxylation sites is 2. The summed E-state index contributed by atoms with van der Waals surface area (Å²) in [6.07, 6.45) is 7.53. The number of ether oxygens (including phenoxy) is 1. The van der Waals surface area contributed by atoms with Gasteiger partial charge in [0.15, 0.2) is 0 Å². The van der Waals surface area contributed by atoms with Gasteiger partial charge < -0.3 is 15.0 Å². The number of sulfonamides is 1. The van der Waals surface area contributed by atoms with Crippen LogP contribution in [0.25, 0.3) is 0 Å². The van der Waals surface area contributed by atoms with Crippen molar-refractivity contribution in [1.29, 1.82) is 0 Å². The summed E-state index contributed by atoms with van der Waals surface area (Å²) in [7, 11) is -2.42. The topological polar surface area (TPSA) is 87.7 Å². The SMILES string of the molecule is COc1ccccc1NS(=O)(=O)c1cc(NC(=O)C[C@@H]2C[C@@H]3CC[C@@H]2C3)ccc1N1CCCC1. The molecule has 2 aromatic carbocycles. The Hall–Kier alpha value is -2.74. The summed E-state index contributed by atoms with van der Waals surface area (Å²) < 4.78 is 35.1. The zero-order chi connectivity index (χ0) is 23.7. The zero-order valence-corrected chi connectivity index (χ0v) is 20.4. The van der Waals surface area contributed by atoms with E-state index in [2.05, 4.69) is 14.9 Å². The maximum Gasteiger partial charge on any atom is 0.264 e. The zero-order valence-electron chi connectivity index (χ0n) is 19.6. The van der Waals surface area contributed by atoms with Crippen LogP contribution in [0, 0.1) is 17.8 Å². The highest BCUT2D eigenvalue weighted by Gasteiger charge is 2.40. The summed E-state index contributed by atoms with van der Waals surface area (Å²) in [5.41, 5.74) is 1.55. The van der Waals surface area contributed by atoms with Gasteiger partial charge >= 0.3 is 0 Å². The Morgan fingerprint density at radius 2 is 1.88 bits per heavy atom. The first kappa shape index (κ1) is 23.0. The van der Waals surface area contributed by atoms with Crippen LogP contribution >= 0.6 is 0 Å². The van der Waals surface area contributed by atoms with Crippen molar-refractivity contribution in [3.8, 4) is 5.75 Å². The Balaban J connectivity index is 1.39. The number of hydrogen-bond acceptors (Lipinski definition) is 5. The highest BCUT2D eigenvalue weighted by Crippen LogP contribution is 2.49. The summed E-state index contributed by atoms with van der Waals surface area (Å²) in [4.78, 5) is 15.1. The van der Waals surface area contributed by atoms with E-state index in [0.29, 0.717) is 41.1 Å². The number of carbonyl (C=O) groups is 1. The molecule has 3 fully saturated rings. The number of nitrogens with one attached hydrogen (secondary N) is 2. The third-order valence-corrected chi connectivity index (χ3v) is 9.06. The summed E-state index contributed by atoms with van der Waals surface area (Å²) in [6, 6.07) is 12.2. The van der Waals surface area contributed by atoms with Crippen LogP contribution in [0.5, 0.6) is 5.75 Å². The number of methoxy groups -OCH3 is 1. The first-order valence-corrected chi connectivity index (χ1v) is 13.8. The van der Waals surface area contributed by atoms with Crippen LogP contribution in [-0.4, -0.2) is 34.5 Å². The fraction of sp³-hybridized carbons (Fsp3) is 0.500. The van der Waals surface area contributed by atoms with Gasteiger partial charge in [-0.25, -0.2) is 8.42 Å². The van der Waals surface area contributed by atoms with Crippen LogP contribution < -0.4 is 19.7 Å². The monoisotopic (exact) mass is 483 g/mol. The molecule has 0 unspecified atom stereocenters. The number of anilines is 3. The van der Waals surface area contributed by atoms with E-state index < -0.39 is 10.0 Å². The van der Waals surface area contributed by atoms with Gasteiger partial charge in [0.25, 0.3) is 10.0 Å². The fourth-order valence-electron chi connectivity index (χ4n) is 6.03. The lowest BCUT2D eigenvalue weighted by Gasteiger charge is -2.23. The second-order valence-corrected chi connectivity index (χ2v) is 11.5. The van der Waals surface area contributed by atoms with Gasteiger partial charge in [-0.2, -0.15) is 0 Å². The maximum atomic E-state index is 13.5. The number of nitrogens with zero attached hydrogens (tertiary/aromatic N) is 1. The molecule has 8 heteroatoms. The average molecular weight is 484 g/mol. The normalized spacial score (nSPS) is 23.8. The van der Waals surface area contributed by atoms with E-state index in [0.717, 1.165) is 38.3 Å². The highest BCUT2D eigenvalue weighted by molar-refractivity contribution is 7.93. The minimum atomic E-state index is -3.92. The first-order valence-electron chi connectivity index (χ1n) is 12.3. The molecule has 0 radical (unpaired) electrons. The number of benzene rings is 2. The van der Waals surface area contributed by atoms with Crippen molar-refractivity contribution in [2.24, 2.45) is 17.8 Å². The third-order valence-electron chi connectivity index (χ3n) is 7.66. The van der Waals surface area contributed by atoms with E-state index in [1.165, 1.54) is 26.4 Å². The van der Waals surface area contributed by atoms with E-state index in [-0.39, 0.29) is 10.8 Å². The van der Waals surface area contributed by atoms with Crippen LogP contribution in [0.2, 0.25) is 0 Å². The number of carbonyl (C=O) groups excluding carboxylic acids is 1. The molecule has 2 N–H and O–H groups in total. The van der Waals surface area contributed by atoms with E-state index in [1.54, 1.807) is 30.3 Å². The molecular weight excluding hydrogens is 450 g/mol. The molecule has 2 aromatic rings. The molecule has 1 amide bonds. The van der Waals surface area contributed by atoms with Gasteiger partial charge in [-0.15, -0.1) is 0 Å². The molecular formula is C26H33N3O4S. The Bertz CT molecular complexity index is 1160. The maximum absolute atomic E-state index is 13.5. The molecule has 0 spiro atoms. The minimum absolute atomic E-state index is 0.0347. The molecule has 1 saturated heterocycles. The largest absolute Gasteiger partial charge is 0.495 e. The van der Waals surface area contributed by atoms with Crippen molar-refractivity contribution in [3.63, 3.8) is 0 Å². The van der Waals surface area contributed by atoms with Crippen molar-refractivity contribution in [2.75, 3.05) is 35.1 Å². The lowest BCUT2D eigenvalue weighted by Crippen LogP contribution is -2.24. The first-order chi connectivity index (χ1) is 16.4. The lowest BCUT2D eigenvalue weighted by molar-refractivity contribution is -0.117. The quantitative estimate of drug-likeness (QED) is 0.560. The van der Waals surface area contributed by atoms with Crippen LogP contribution in [0.1, 0.15) is 44.9 Å². The number of amides is 1. The Morgan fingerprint density at radius 1 is 1.09 bits per heavy atom. The van der Waals surface area contributed by atoms with Crippen molar-refractivity contribution in [1.82, 2.24) is 0 Å². The Kier molecular flexibility index (Phi) is 6.42. The van der Waals surface area contributed by atoms with Crippen LogP contribution in [0.15, 0.2) is 47.4 Å². The standard InChI is InChI=1S/C26H33N3O4S/c1-33-24-7-3-2-6-22(24)28-34(31,32)25-17-21(10-11-23(25)29-12-4-5-13-29)27-26(30)16-20-15-18-8-9-19(20)14-18/h2-3,6-7,10-11,17-20,28H,4-5,8-9,12-16H2,1H3,(H,27,30)/t18-,19-,20+/m1/s1. The predicted octanol–water partition coefficient (Wildman–Crippen LogP) is 4.86. The Morgan fingerprint density at radius 3 is 2.59 bits per heavy atom. The average Bonchev–Trinajstić information content (AvgIpc) is 3.58. The fourth-order valence-corrected chi connectivity index (χ4v) is 7.35. The lowest BCUT2D eigenvalue weighted by atomic mass is 9.86. The molecule has 1 aliphatic heterocycles. The molecule has 182 valence electrons. The van der Waals surface area contributed by atoms with Gasteiger partial charge in [-0.1, -0.05) is 18.6 Å². The summed E-state index contributed by atoms with van der Waals surface area (Å²) in [5.74, 6) is 2.34. The molecule has 0 aromatic heterocycles. The van der Waals surface area contributed by atoms with Crippen molar-refractivity contribution >= 4 is 33.0 Å². The van der Waals surface area contributed by atoms with Crippen molar-refractivity contribution in [2.45, 2.75) is 49.8 Å². The van der Waals surface area contributed by atoms with Gasteiger partial charge in [0.2, 0.25) is 5.91 Å². The molecule has 1 heterocycles. The van der Waals surface area contributed by atoms with Gasteiger partial charge in [-0.05, 0) is 80.2 Å². The molecule has 2 bridgehead atoms.